The SMILES string of the molecule is COc1cc(-c2nc(=S)c3c([nH]2)CCC3)ncn1. The molecule has 0 saturated carbocycles. The maximum Gasteiger partial charge on any atom is 0.216 e. The van der Waals surface area contributed by atoms with Gasteiger partial charge in [-0.2, -0.15) is 0 Å². The van der Waals surface area contributed by atoms with Gasteiger partial charge in [0.1, 0.15) is 16.7 Å². The standard InChI is InChI=1S/C12H12N4OS/c1-17-10-5-9(13-6-14-10)11-15-8-4-2-3-7(8)12(18)16-11/h5-6H,2-4H2,1H3,(H,15,16,18). The molecule has 5 nitrogen and oxygen atoms in total. The molecule has 1 N–H and O–H groups in total. The van der Waals surface area contributed by atoms with E-state index in [4.69, 9.17) is 17.0 Å². The number of aryl methyl sites for hydroxylation is 1. The van der Waals surface area contributed by atoms with E-state index in [0.29, 0.717) is 22.0 Å². The average Bonchev–Trinajstić information content (AvgIpc) is 2.87. The molecule has 2 aromatic rings. The lowest BCUT2D eigenvalue weighted by Gasteiger charge is -2.05. The fourth-order valence-electron chi connectivity index (χ4n) is 2.16. The van der Waals surface area contributed by atoms with Crippen LogP contribution < -0.4 is 4.74 Å². The van der Waals surface area contributed by atoms with Gasteiger partial charge in [-0.3, -0.25) is 0 Å². The van der Waals surface area contributed by atoms with Crippen molar-refractivity contribution < 1.29 is 4.74 Å². The summed E-state index contributed by atoms with van der Waals surface area (Å²) in [6.45, 7) is 0. The smallest absolute Gasteiger partial charge is 0.216 e. The fraction of sp³-hybridized carbons (Fsp3) is 0.333. The average molecular weight is 260 g/mol. The lowest BCUT2D eigenvalue weighted by Crippen LogP contribution is -1.99. The number of nitrogens with zero attached hydrogens (tertiary/aromatic N) is 3. The number of rotatable bonds is 2. The van der Waals surface area contributed by atoms with Gasteiger partial charge in [0.2, 0.25) is 5.88 Å². The number of fused-ring (bicyclic) bond motifs is 1. The Labute approximate surface area is 109 Å². The van der Waals surface area contributed by atoms with Gasteiger partial charge in [0.05, 0.1) is 7.11 Å². The zero-order valence-corrected chi connectivity index (χ0v) is 10.8. The minimum Gasteiger partial charge on any atom is -0.481 e. The van der Waals surface area contributed by atoms with Crippen LogP contribution in [0.5, 0.6) is 5.88 Å². The molecular weight excluding hydrogens is 248 g/mol. The summed E-state index contributed by atoms with van der Waals surface area (Å²) >= 11 is 5.32. The Morgan fingerprint density at radius 3 is 3.06 bits per heavy atom. The summed E-state index contributed by atoms with van der Waals surface area (Å²) < 4.78 is 5.76. The van der Waals surface area contributed by atoms with Crippen molar-refractivity contribution in [2.45, 2.75) is 19.3 Å². The van der Waals surface area contributed by atoms with Gasteiger partial charge in [0.15, 0.2) is 5.82 Å². The third-order valence-electron chi connectivity index (χ3n) is 3.05. The molecule has 6 heteroatoms. The predicted molar refractivity (Wildman–Crippen MR) is 69.0 cm³/mol. The molecule has 3 rings (SSSR count). The van der Waals surface area contributed by atoms with E-state index >= 15 is 0 Å². The van der Waals surface area contributed by atoms with Gasteiger partial charge < -0.3 is 9.72 Å². The van der Waals surface area contributed by atoms with Gasteiger partial charge in [-0.1, -0.05) is 12.2 Å². The fourth-order valence-corrected chi connectivity index (χ4v) is 2.48. The zero-order chi connectivity index (χ0) is 12.5. The third-order valence-corrected chi connectivity index (χ3v) is 3.39. The number of methoxy groups -OCH3 is 1. The highest BCUT2D eigenvalue weighted by Gasteiger charge is 2.16. The summed E-state index contributed by atoms with van der Waals surface area (Å²) in [5.74, 6) is 1.20. The lowest BCUT2D eigenvalue weighted by molar-refractivity contribution is 0.397. The maximum absolute atomic E-state index is 5.32. The molecule has 0 atom stereocenters. The third kappa shape index (κ3) is 1.88. The van der Waals surface area contributed by atoms with E-state index in [1.54, 1.807) is 13.2 Å². The van der Waals surface area contributed by atoms with Crippen molar-refractivity contribution >= 4 is 12.2 Å². The second kappa shape index (κ2) is 4.45. The number of H-pyrrole nitrogens is 1. The van der Waals surface area contributed by atoms with E-state index in [-0.39, 0.29) is 0 Å². The first-order valence-corrected chi connectivity index (χ1v) is 6.17. The van der Waals surface area contributed by atoms with Crippen LogP contribution in [0, 0.1) is 4.64 Å². The van der Waals surface area contributed by atoms with Crippen molar-refractivity contribution in [3.63, 3.8) is 0 Å². The van der Waals surface area contributed by atoms with E-state index < -0.39 is 0 Å². The number of hydrogen-bond donors (Lipinski definition) is 1. The Morgan fingerprint density at radius 2 is 2.22 bits per heavy atom. The minimum absolute atomic E-state index is 0.515. The molecule has 0 amide bonds. The Morgan fingerprint density at radius 1 is 1.33 bits per heavy atom. The number of nitrogens with one attached hydrogen (secondary N) is 1. The number of aromatic nitrogens is 4. The lowest BCUT2D eigenvalue weighted by atomic mass is 10.2. The molecule has 2 aromatic heterocycles. The normalized spacial score (nSPS) is 13.4. The Bertz CT molecular complexity index is 653. The first-order chi connectivity index (χ1) is 8.78. The molecule has 0 aliphatic heterocycles. The van der Waals surface area contributed by atoms with E-state index in [2.05, 4.69) is 19.9 Å². The van der Waals surface area contributed by atoms with E-state index in [9.17, 15) is 0 Å². The molecule has 0 radical (unpaired) electrons. The van der Waals surface area contributed by atoms with E-state index in [1.165, 1.54) is 17.6 Å². The number of ether oxygens (including phenoxy) is 1. The first kappa shape index (κ1) is 11.3. The van der Waals surface area contributed by atoms with Crippen LogP contribution in [0.25, 0.3) is 11.5 Å². The van der Waals surface area contributed by atoms with Crippen LogP contribution in [-0.4, -0.2) is 27.0 Å². The Kier molecular flexibility index (Phi) is 2.79. The predicted octanol–water partition coefficient (Wildman–Crippen LogP) is 2.09. The van der Waals surface area contributed by atoms with Crippen LogP contribution in [0.1, 0.15) is 17.7 Å². The topological polar surface area (TPSA) is 63.7 Å². The maximum atomic E-state index is 5.32. The van der Waals surface area contributed by atoms with Crippen molar-refractivity contribution in [3.8, 4) is 17.4 Å². The molecule has 18 heavy (non-hydrogen) atoms. The molecule has 2 heterocycles. The van der Waals surface area contributed by atoms with Crippen molar-refractivity contribution in [1.82, 2.24) is 19.9 Å². The van der Waals surface area contributed by atoms with Gasteiger partial charge >= 0.3 is 0 Å². The quantitative estimate of drug-likeness (QED) is 0.838. The summed E-state index contributed by atoms with van der Waals surface area (Å²) in [6.07, 6.45) is 4.63. The highest BCUT2D eigenvalue weighted by Crippen LogP contribution is 2.24. The Hall–Kier alpha value is -1.82. The zero-order valence-electron chi connectivity index (χ0n) is 9.93. The van der Waals surface area contributed by atoms with Crippen LogP contribution >= 0.6 is 12.2 Å². The highest BCUT2D eigenvalue weighted by atomic mass is 32.1. The molecule has 0 bridgehead atoms. The van der Waals surface area contributed by atoms with Gasteiger partial charge in [-0.15, -0.1) is 0 Å². The van der Waals surface area contributed by atoms with Crippen molar-refractivity contribution in [2.24, 2.45) is 0 Å². The molecule has 0 saturated heterocycles. The van der Waals surface area contributed by atoms with Crippen LogP contribution in [0.2, 0.25) is 0 Å². The second-order valence-corrected chi connectivity index (χ2v) is 4.53. The van der Waals surface area contributed by atoms with Crippen molar-refractivity contribution in [3.05, 3.63) is 28.3 Å². The van der Waals surface area contributed by atoms with Crippen LogP contribution in [-0.2, 0) is 12.8 Å². The molecule has 1 aliphatic carbocycles. The van der Waals surface area contributed by atoms with Gasteiger partial charge in [-0.05, 0) is 19.3 Å². The summed E-state index contributed by atoms with van der Waals surface area (Å²) in [7, 11) is 1.57. The minimum atomic E-state index is 0.515. The number of aromatic amines is 1. The number of hydrogen-bond acceptors (Lipinski definition) is 5. The van der Waals surface area contributed by atoms with Crippen LogP contribution in [0.15, 0.2) is 12.4 Å². The monoisotopic (exact) mass is 260 g/mol. The molecule has 0 spiro atoms. The molecule has 92 valence electrons. The summed E-state index contributed by atoms with van der Waals surface area (Å²) in [5.41, 5.74) is 3.06. The largest absolute Gasteiger partial charge is 0.481 e. The molecule has 0 fully saturated rings. The summed E-state index contributed by atoms with van der Waals surface area (Å²) in [4.78, 5) is 15.9. The summed E-state index contributed by atoms with van der Waals surface area (Å²) in [6, 6.07) is 1.74. The van der Waals surface area contributed by atoms with Crippen LogP contribution in [0.4, 0.5) is 0 Å². The van der Waals surface area contributed by atoms with Crippen molar-refractivity contribution in [1.29, 1.82) is 0 Å². The van der Waals surface area contributed by atoms with Crippen LogP contribution in [0.3, 0.4) is 0 Å². The highest BCUT2D eigenvalue weighted by molar-refractivity contribution is 7.71. The molecule has 0 aromatic carbocycles. The summed E-state index contributed by atoms with van der Waals surface area (Å²) in [5, 5.41) is 0. The first-order valence-electron chi connectivity index (χ1n) is 5.76. The van der Waals surface area contributed by atoms with E-state index in [1.807, 2.05) is 0 Å². The molecular formula is C12H12N4OS. The van der Waals surface area contributed by atoms with Gasteiger partial charge in [-0.25, -0.2) is 15.0 Å². The molecule has 0 unspecified atom stereocenters. The van der Waals surface area contributed by atoms with Gasteiger partial charge in [0.25, 0.3) is 0 Å². The van der Waals surface area contributed by atoms with Gasteiger partial charge in [0, 0.05) is 17.3 Å². The Balaban J connectivity index is 2.12. The van der Waals surface area contributed by atoms with Crippen molar-refractivity contribution in [2.75, 3.05) is 7.11 Å². The second-order valence-electron chi connectivity index (χ2n) is 4.15. The van der Waals surface area contributed by atoms with E-state index in [0.717, 1.165) is 19.3 Å². The molecule has 1 aliphatic rings.